The highest BCUT2D eigenvalue weighted by Gasteiger charge is 2.61. The third-order valence-corrected chi connectivity index (χ3v) is 5.83. The molecule has 1 unspecified atom stereocenters. The van der Waals surface area contributed by atoms with Gasteiger partial charge in [-0.1, -0.05) is 35.9 Å². The van der Waals surface area contributed by atoms with E-state index in [1.807, 2.05) is 0 Å². The molecule has 0 bridgehead atoms. The average molecular weight is 496 g/mol. The second-order valence-corrected chi connectivity index (χ2v) is 8.02. The van der Waals surface area contributed by atoms with Crippen molar-refractivity contribution in [3.05, 3.63) is 82.4 Å². The van der Waals surface area contributed by atoms with Crippen molar-refractivity contribution in [2.75, 3.05) is 0 Å². The van der Waals surface area contributed by atoms with Gasteiger partial charge in [0.1, 0.15) is 41.9 Å². The number of carbonyl (C=O) groups excluding carboxylic acids is 2. The normalized spacial score (nSPS) is 19.2. The number of hydrogen-bond acceptors (Lipinski definition) is 8. The summed E-state index contributed by atoms with van der Waals surface area (Å²) in [6, 6.07) is 10.2. The van der Waals surface area contributed by atoms with E-state index in [1.54, 1.807) is 24.3 Å². The SMILES string of the molecule is CC(=O)OSOC(=O)Cc1ncnn1C[C@]1(c2ccc(F)cc2F)OC1c1ccccc1Cl. The minimum absolute atomic E-state index is 0.0366. The van der Waals surface area contributed by atoms with Gasteiger partial charge in [-0.15, -0.1) is 0 Å². The van der Waals surface area contributed by atoms with E-state index in [9.17, 15) is 18.4 Å². The summed E-state index contributed by atoms with van der Waals surface area (Å²) in [7, 11) is 0. The van der Waals surface area contributed by atoms with Crippen LogP contribution in [0, 0.1) is 11.6 Å². The van der Waals surface area contributed by atoms with Crippen molar-refractivity contribution < 1.29 is 31.5 Å². The highest BCUT2D eigenvalue weighted by molar-refractivity contribution is 7.90. The van der Waals surface area contributed by atoms with Gasteiger partial charge in [-0.2, -0.15) is 5.10 Å². The van der Waals surface area contributed by atoms with Crippen molar-refractivity contribution in [3.8, 4) is 0 Å². The minimum Gasteiger partial charge on any atom is -0.355 e. The zero-order chi connectivity index (χ0) is 23.6. The molecule has 0 spiro atoms. The number of aromatic nitrogens is 3. The number of rotatable bonds is 8. The topological polar surface area (TPSA) is 95.8 Å². The molecule has 3 aromatic rings. The fourth-order valence-electron chi connectivity index (χ4n) is 3.46. The van der Waals surface area contributed by atoms with Gasteiger partial charge >= 0.3 is 11.9 Å². The van der Waals surface area contributed by atoms with Crippen LogP contribution in [0.2, 0.25) is 5.02 Å². The van der Waals surface area contributed by atoms with E-state index in [0.717, 1.165) is 19.1 Å². The predicted octanol–water partition coefficient (Wildman–Crippen LogP) is 4.09. The van der Waals surface area contributed by atoms with E-state index in [2.05, 4.69) is 14.3 Å². The molecule has 1 saturated heterocycles. The smallest absolute Gasteiger partial charge is 0.328 e. The standard InChI is InChI=1S/C21H16ClF2N3O5S/c1-12(28)31-33-32-19(29)9-18-25-11-26-27(18)10-21(15-7-6-13(23)8-17(15)24)20(30-21)14-4-2-3-5-16(14)22/h2-8,11,20H,9-10H2,1H3/t20?,21-/m1/s1. The predicted molar refractivity (Wildman–Crippen MR) is 112 cm³/mol. The first-order valence-corrected chi connectivity index (χ1v) is 10.6. The minimum atomic E-state index is -1.26. The van der Waals surface area contributed by atoms with Gasteiger partial charge in [0.2, 0.25) is 0 Å². The van der Waals surface area contributed by atoms with Crippen LogP contribution in [-0.4, -0.2) is 26.7 Å². The first-order chi connectivity index (χ1) is 15.8. The highest BCUT2D eigenvalue weighted by atomic mass is 35.5. The Morgan fingerprint density at radius 2 is 2.03 bits per heavy atom. The first kappa shape index (κ1) is 23.1. The summed E-state index contributed by atoms with van der Waals surface area (Å²) in [5.74, 6) is -2.68. The van der Waals surface area contributed by atoms with Crippen LogP contribution in [-0.2, 0) is 41.3 Å². The van der Waals surface area contributed by atoms with E-state index in [-0.39, 0.29) is 36.7 Å². The fraction of sp³-hybridized carbons (Fsp3) is 0.238. The first-order valence-electron chi connectivity index (χ1n) is 9.59. The van der Waals surface area contributed by atoms with Crippen LogP contribution in [0.15, 0.2) is 48.8 Å². The van der Waals surface area contributed by atoms with Gasteiger partial charge in [0, 0.05) is 29.1 Å². The molecule has 2 heterocycles. The molecule has 2 aromatic carbocycles. The van der Waals surface area contributed by atoms with Gasteiger partial charge in [0.25, 0.3) is 12.3 Å². The average Bonchev–Trinajstić information content (AvgIpc) is 3.30. The fourth-order valence-corrected chi connectivity index (χ4v) is 3.96. The Morgan fingerprint density at radius 3 is 2.76 bits per heavy atom. The maximum Gasteiger partial charge on any atom is 0.328 e. The van der Waals surface area contributed by atoms with Crippen LogP contribution in [0.5, 0.6) is 0 Å². The Morgan fingerprint density at radius 1 is 1.24 bits per heavy atom. The van der Waals surface area contributed by atoms with Gasteiger partial charge in [-0.3, -0.25) is 9.59 Å². The Hall–Kier alpha value is -3.02. The number of halogens is 3. The molecule has 0 saturated carbocycles. The van der Waals surface area contributed by atoms with Crippen LogP contribution in [0.3, 0.4) is 0 Å². The van der Waals surface area contributed by atoms with Crippen molar-refractivity contribution >= 4 is 35.9 Å². The molecule has 4 rings (SSSR count). The van der Waals surface area contributed by atoms with Crippen LogP contribution >= 0.6 is 23.9 Å². The summed E-state index contributed by atoms with van der Waals surface area (Å²) >= 11 is 6.56. The van der Waals surface area contributed by atoms with Crippen molar-refractivity contribution in [2.24, 2.45) is 0 Å². The summed E-state index contributed by atoms with van der Waals surface area (Å²) in [5, 5.41) is 4.55. The lowest BCUT2D eigenvalue weighted by atomic mass is 9.91. The molecule has 2 atom stereocenters. The van der Waals surface area contributed by atoms with Crippen LogP contribution < -0.4 is 0 Å². The van der Waals surface area contributed by atoms with Gasteiger partial charge < -0.3 is 13.1 Å². The Balaban J connectivity index is 1.61. The van der Waals surface area contributed by atoms with Crippen molar-refractivity contribution in [1.82, 2.24) is 14.8 Å². The van der Waals surface area contributed by atoms with Gasteiger partial charge in [-0.25, -0.2) is 18.4 Å². The molecule has 0 radical (unpaired) electrons. The molecule has 1 aromatic heterocycles. The number of hydrogen-bond donors (Lipinski definition) is 0. The molecule has 172 valence electrons. The highest BCUT2D eigenvalue weighted by Crippen LogP contribution is 2.59. The van der Waals surface area contributed by atoms with Gasteiger partial charge in [0.15, 0.2) is 0 Å². The molecular weight excluding hydrogens is 480 g/mol. The van der Waals surface area contributed by atoms with Crippen LogP contribution in [0.1, 0.15) is 30.0 Å². The molecule has 12 heteroatoms. The van der Waals surface area contributed by atoms with Crippen molar-refractivity contribution in [2.45, 2.75) is 31.6 Å². The molecule has 8 nitrogen and oxygen atoms in total. The number of epoxide rings is 1. The van der Waals surface area contributed by atoms with Crippen LogP contribution in [0.25, 0.3) is 0 Å². The molecule has 1 aliphatic heterocycles. The third-order valence-electron chi connectivity index (χ3n) is 4.93. The third kappa shape index (κ3) is 5.00. The van der Waals surface area contributed by atoms with E-state index >= 15 is 0 Å². The molecular formula is C21H16ClF2N3O5S. The van der Waals surface area contributed by atoms with Gasteiger partial charge in [0.05, 0.1) is 6.54 Å². The molecule has 1 aliphatic rings. The summed E-state index contributed by atoms with van der Waals surface area (Å²) in [4.78, 5) is 26.9. The Kier molecular flexibility index (Phi) is 6.63. The quantitative estimate of drug-likeness (QED) is 0.340. The second-order valence-electron chi connectivity index (χ2n) is 7.14. The van der Waals surface area contributed by atoms with Gasteiger partial charge in [-0.05, 0) is 12.1 Å². The van der Waals surface area contributed by atoms with E-state index in [1.165, 1.54) is 17.1 Å². The summed E-state index contributed by atoms with van der Waals surface area (Å²) in [6.45, 7) is 1.13. The second kappa shape index (κ2) is 9.46. The number of carbonyl (C=O) groups is 2. The van der Waals surface area contributed by atoms with Crippen molar-refractivity contribution in [1.29, 1.82) is 0 Å². The lowest BCUT2D eigenvalue weighted by Gasteiger charge is -2.16. The van der Waals surface area contributed by atoms with E-state index < -0.39 is 35.3 Å². The van der Waals surface area contributed by atoms with Crippen molar-refractivity contribution in [3.63, 3.8) is 0 Å². The Bertz CT molecular complexity index is 1210. The number of ether oxygens (including phenoxy) is 1. The number of benzene rings is 2. The maximum atomic E-state index is 14.8. The zero-order valence-electron chi connectivity index (χ0n) is 17.0. The molecule has 0 aliphatic carbocycles. The van der Waals surface area contributed by atoms with Crippen LogP contribution in [0.4, 0.5) is 8.78 Å². The monoisotopic (exact) mass is 495 g/mol. The Labute approximate surface area is 196 Å². The zero-order valence-corrected chi connectivity index (χ0v) is 18.6. The lowest BCUT2D eigenvalue weighted by molar-refractivity contribution is -0.134. The molecule has 0 amide bonds. The molecule has 0 N–H and O–H groups in total. The number of nitrogens with zero attached hydrogens (tertiary/aromatic N) is 3. The maximum absolute atomic E-state index is 14.8. The summed E-state index contributed by atoms with van der Waals surface area (Å²) < 4.78 is 45.0. The summed E-state index contributed by atoms with van der Waals surface area (Å²) in [6.07, 6.45) is 0.283. The largest absolute Gasteiger partial charge is 0.355 e. The van der Waals surface area contributed by atoms with E-state index in [4.69, 9.17) is 20.5 Å². The van der Waals surface area contributed by atoms with E-state index in [0.29, 0.717) is 10.6 Å². The summed E-state index contributed by atoms with van der Waals surface area (Å²) in [5.41, 5.74) is -0.522. The molecule has 33 heavy (non-hydrogen) atoms. The lowest BCUT2D eigenvalue weighted by Crippen LogP contribution is -2.24. The molecule has 1 fully saturated rings.